The Bertz CT molecular complexity index is 336. The van der Waals surface area contributed by atoms with Crippen LogP contribution < -0.4 is 5.32 Å². The Morgan fingerprint density at radius 2 is 2.07 bits per heavy atom. The molecule has 2 rings (SSSR count). The van der Waals surface area contributed by atoms with Crippen LogP contribution in [0.3, 0.4) is 0 Å². The van der Waals surface area contributed by atoms with Crippen LogP contribution in [-0.4, -0.2) is 6.54 Å². The Kier molecular flexibility index (Phi) is 3.17. The molecule has 0 fully saturated rings. The number of halogens is 2. The fourth-order valence-corrected chi connectivity index (χ4v) is 1.94. The third-order valence-corrected chi connectivity index (χ3v) is 2.68. The number of rotatable bonds is 0. The highest BCUT2D eigenvalue weighted by molar-refractivity contribution is 5.85. The standard InChI is InChI=1S/C11H14FN.ClH/c1-11(2)7-13-6-8-3-4-9(12)5-10(8)11;/h3-5,13H,6-7H2,1-2H3;1H. The highest BCUT2D eigenvalue weighted by Crippen LogP contribution is 2.29. The second kappa shape index (κ2) is 3.87. The van der Waals surface area contributed by atoms with Crippen LogP contribution in [-0.2, 0) is 12.0 Å². The molecule has 0 saturated carbocycles. The smallest absolute Gasteiger partial charge is 0.123 e. The van der Waals surface area contributed by atoms with E-state index in [0.29, 0.717) is 0 Å². The third-order valence-electron chi connectivity index (χ3n) is 2.68. The van der Waals surface area contributed by atoms with Gasteiger partial charge >= 0.3 is 0 Å². The quantitative estimate of drug-likeness (QED) is 0.702. The number of benzene rings is 1. The van der Waals surface area contributed by atoms with Crippen molar-refractivity contribution in [1.29, 1.82) is 0 Å². The summed E-state index contributed by atoms with van der Waals surface area (Å²) >= 11 is 0. The summed E-state index contributed by atoms with van der Waals surface area (Å²) in [5.74, 6) is -0.131. The van der Waals surface area contributed by atoms with Crippen LogP contribution in [0.15, 0.2) is 18.2 Å². The van der Waals surface area contributed by atoms with E-state index in [-0.39, 0.29) is 23.6 Å². The van der Waals surface area contributed by atoms with Crippen molar-refractivity contribution in [3.8, 4) is 0 Å². The highest BCUT2D eigenvalue weighted by Gasteiger charge is 2.27. The van der Waals surface area contributed by atoms with Crippen molar-refractivity contribution in [3.63, 3.8) is 0 Å². The zero-order valence-corrected chi connectivity index (χ0v) is 9.25. The Labute approximate surface area is 90.1 Å². The van der Waals surface area contributed by atoms with Crippen LogP contribution in [0.4, 0.5) is 4.39 Å². The monoisotopic (exact) mass is 215 g/mol. The molecule has 0 aromatic heterocycles. The molecule has 1 aliphatic heterocycles. The fourth-order valence-electron chi connectivity index (χ4n) is 1.94. The van der Waals surface area contributed by atoms with Gasteiger partial charge in [-0.2, -0.15) is 0 Å². The summed E-state index contributed by atoms with van der Waals surface area (Å²) in [5.41, 5.74) is 2.42. The van der Waals surface area contributed by atoms with E-state index in [0.717, 1.165) is 18.7 Å². The van der Waals surface area contributed by atoms with Gasteiger partial charge in [-0.05, 0) is 23.3 Å². The van der Waals surface area contributed by atoms with Gasteiger partial charge in [0.25, 0.3) is 0 Å². The maximum atomic E-state index is 13.0. The van der Waals surface area contributed by atoms with Gasteiger partial charge in [0.1, 0.15) is 5.82 Å². The molecule has 0 aliphatic carbocycles. The summed E-state index contributed by atoms with van der Waals surface area (Å²) in [6.45, 7) is 6.05. The summed E-state index contributed by atoms with van der Waals surface area (Å²) in [5, 5.41) is 3.33. The lowest BCUT2D eigenvalue weighted by molar-refractivity contribution is 0.431. The molecule has 78 valence electrons. The van der Waals surface area contributed by atoms with Crippen LogP contribution in [0.25, 0.3) is 0 Å². The first-order valence-electron chi connectivity index (χ1n) is 4.59. The minimum atomic E-state index is -0.131. The van der Waals surface area contributed by atoms with E-state index >= 15 is 0 Å². The molecule has 1 aromatic rings. The van der Waals surface area contributed by atoms with Gasteiger partial charge in [0, 0.05) is 18.5 Å². The van der Waals surface area contributed by atoms with Gasteiger partial charge in [-0.25, -0.2) is 4.39 Å². The van der Waals surface area contributed by atoms with Crippen molar-refractivity contribution in [3.05, 3.63) is 35.1 Å². The van der Waals surface area contributed by atoms with Crippen molar-refractivity contribution in [1.82, 2.24) is 5.32 Å². The predicted molar refractivity (Wildman–Crippen MR) is 58.4 cm³/mol. The van der Waals surface area contributed by atoms with Gasteiger partial charge in [-0.3, -0.25) is 0 Å². The maximum absolute atomic E-state index is 13.0. The molecule has 3 heteroatoms. The number of hydrogen-bond donors (Lipinski definition) is 1. The van der Waals surface area contributed by atoms with E-state index in [1.165, 1.54) is 11.6 Å². The summed E-state index contributed by atoms with van der Waals surface area (Å²) in [6, 6.07) is 5.07. The van der Waals surface area contributed by atoms with Crippen LogP contribution >= 0.6 is 12.4 Å². The van der Waals surface area contributed by atoms with Gasteiger partial charge < -0.3 is 5.32 Å². The van der Waals surface area contributed by atoms with E-state index < -0.39 is 0 Å². The summed E-state index contributed by atoms with van der Waals surface area (Å²) in [6.07, 6.45) is 0. The van der Waals surface area contributed by atoms with E-state index in [4.69, 9.17) is 0 Å². The average Bonchev–Trinajstić information content (AvgIpc) is 2.06. The Morgan fingerprint density at radius 3 is 2.79 bits per heavy atom. The summed E-state index contributed by atoms with van der Waals surface area (Å²) in [7, 11) is 0. The molecule has 1 N–H and O–H groups in total. The molecule has 0 bridgehead atoms. The van der Waals surface area contributed by atoms with E-state index in [1.807, 2.05) is 6.07 Å². The minimum absolute atomic E-state index is 0. The zero-order chi connectivity index (χ0) is 9.47. The lowest BCUT2D eigenvalue weighted by atomic mass is 9.79. The number of fused-ring (bicyclic) bond motifs is 1. The zero-order valence-electron chi connectivity index (χ0n) is 8.43. The highest BCUT2D eigenvalue weighted by atomic mass is 35.5. The normalized spacial score (nSPS) is 18.2. The van der Waals surface area contributed by atoms with Crippen molar-refractivity contribution < 1.29 is 4.39 Å². The van der Waals surface area contributed by atoms with Crippen LogP contribution in [0.1, 0.15) is 25.0 Å². The first kappa shape index (κ1) is 11.5. The molecule has 1 nitrogen and oxygen atoms in total. The van der Waals surface area contributed by atoms with Gasteiger partial charge in [0.15, 0.2) is 0 Å². The van der Waals surface area contributed by atoms with E-state index in [2.05, 4.69) is 19.2 Å². The lowest BCUT2D eigenvalue weighted by Gasteiger charge is -2.33. The average molecular weight is 216 g/mol. The summed E-state index contributed by atoms with van der Waals surface area (Å²) in [4.78, 5) is 0. The molecule has 0 saturated heterocycles. The Morgan fingerprint density at radius 1 is 1.36 bits per heavy atom. The maximum Gasteiger partial charge on any atom is 0.123 e. The van der Waals surface area contributed by atoms with Gasteiger partial charge in [-0.1, -0.05) is 19.9 Å². The second-order valence-electron chi connectivity index (χ2n) is 4.29. The topological polar surface area (TPSA) is 12.0 Å². The Balaban J connectivity index is 0.000000980. The SMILES string of the molecule is CC1(C)CNCc2ccc(F)cc21.Cl. The molecule has 14 heavy (non-hydrogen) atoms. The Hall–Kier alpha value is -0.600. The number of hydrogen-bond acceptors (Lipinski definition) is 1. The molecule has 0 atom stereocenters. The molecule has 1 heterocycles. The molecular weight excluding hydrogens is 201 g/mol. The second-order valence-corrected chi connectivity index (χ2v) is 4.29. The van der Waals surface area contributed by atoms with Crippen LogP contribution in [0.2, 0.25) is 0 Å². The first-order chi connectivity index (χ1) is 6.09. The molecule has 0 amide bonds. The van der Waals surface area contributed by atoms with Crippen molar-refractivity contribution in [2.75, 3.05) is 6.54 Å². The minimum Gasteiger partial charge on any atom is -0.312 e. The molecule has 1 aliphatic rings. The van der Waals surface area contributed by atoms with Crippen molar-refractivity contribution >= 4 is 12.4 Å². The molecule has 0 radical (unpaired) electrons. The van der Waals surface area contributed by atoms with Crippen LogP contribution in [0, 0.1) is 5.82 Å². The predicted octanol–water partition coefficient (Wildman–Crippen LogP) is 2.63. The van der Waals surface area contributed by atoms with E-state index in [9.17, 15) is 4.39 Å². The number of nitrogens with one attached hydrogen (secondary N) is 1. The van der Waals surface area contributed by atoms with Crippen LogP contribution in [0.5, 0.6) is 0 Å². The molecular formula is C11H15ClFN. The fraction of sp³-hybridized carbons (Fsp3) is 0.455. The van der Waals surface area contributed by atoms with Gasteiger partial charge in [-0.15, -0.1) is 12.4 Å². The first-order valence-corrected chi connectivity index (χ1v) is 4.59. The van der Waals surface area contributed by atoms with Gasteiger partial charge in [0.2, 0.25) is 0 Å². The molecule has 0 unspecified atom stereocenters. The molecule has 0 spiro atoms. The summed E-state index contributed by atoms with van der Waals surface area (Å²) < 4.78 is 13.0. The van der Waals surface area contributed by atoms with Gasteiger partial charge in [0.05, 0.1) is 0 Å². The molecule has 1 aromatic carbocycles. The lowest BCUT2D eigenvalue weighted by Crippen LogP contribution is -2.38. The third kappa shape index (κ3) is 1.91. The van der Waals surface area contributed by atoms with E-state index in [1.54, 1.807) is 6.07 Å². The largest absolute Gasteiger partial charge is 0.312 e. The van der Waals surface area contributed by atoms with Crippen molar-refractivity contribution in [2.45, 2.75) is 25.8 Å². The van der Waals surface area contributed by atoms with Crippen molar-refractivity contribution in [2.24, 2.45) is 0 Å².